The van der Waals surface area contributed by atoms with E-state index < -0.39 is 10.0 Å². The van der Waals surface area contributed by atoms with E-state index in [9.17, 15) is 13.2 Å². The monoisotopic (exact) mass is 486 g/mol. The third-order valence-corrected chi connectivity index (χ3v) is 9.79. The maximum atomic E-state index is 12.9. The van der Waals surface area contributed by atoms with Crippen LogP contribution in [0.15, 0.2) is 41.3 Å². The Morgan fingerprint density at radius 3 is 2.31 bits per heavy atom. The Balaban J connectivity index is 1.34. The van der Waals surface area contributed by atoms with Crippen molar-refractivity contribution in [3.05, 3.63) is 47.0 Å². The van der Waals surface area contributed by atoms with E-state index in [-0.39, 0.29) is 10.8 Å². The number of aromatic nitrogens is 2. The molecule has 32 heavy (non-hydrogen) atoms. The van der Waals surface area contributed by atoms with Crippen molar-refractivity contribution in [2.75, 3.05) is 18.4 Å². The number of hydrogen-bond acceptors (Lipinski definition) is 7. The Kier molecular flexibility index (Phi) is 5.48. The number of hydrogen-bond donors (Lipinski definition) is 1. The van der Waals surface area contributed by atoms with Gasteiger partial charge in [-0.15, -0.1) is 11.3 Å². The van der Waals surface area contributed by atoms with Crippen molar-refractivity contribution in [3.8, 4) is 0 Å². The highest BCUT2D eigenvalue weighted by molar-refractivity contribution is 7.89. The zero-order valence-electron chi connectivity index (χ0n) is 17.7. The van der Waals surface area contributed by atoms with Crippen LogP contribution in [-0.4, -0.2) is 41.7 Å². The van der Waals surface area contributed by atoms with Crippen LogP contribution in [0.3, 0.4) is 0 Å². The van der Waals surface area contributed by atoms with E-state index in [1.165, 1.54) is 27.8 Å². The average molecular weight is 487 g/mol. The van der Waals surface area contributed by atoms with Crippen LogP contribution in [0.4, 0.5) is 5.13 Å². The van der Waals surface area contributed by atoms with Crippen LogP contribution in [0.1, 0.15) is 35.1 Å². The molecule has 2 aromatic heterocycles. The molecule has 1 aliphatic heterocycles. The molecule has 2 aromatic carbocycles. The number of carbonyl (C=O) groups is 1. The van der Waals surface area contributed by atoms with Gasteiger partial charge in [0.2, 0.25) is 10.0 Å². The van der Waals surface area contributed by atoms with Crippen LogP contribution < -0.4 is 5.32 Å². The van der Waals surface area contributed by atoms with Gasteiger partial charge < -0.3 is 0 Å². The lowest BCUT2D eigenvalue weighted by Gasteiger charge is -2.29. The summed E-state index contributed by atoms with van der Waals surface area (Å²) in [5.41, 5.74) is 2.13. The molecular weight excluding hydrogens is 464 g/mol. The van der Waals surface area contributed by atoms with Crippen molar-refractivity contribution < 1.29 is 13.2 Å². The summed E-state index contributed by atoms with van der Waals surface area (Å²) in [6.07, 6.45) is 1.74. The van der Waals surface area contributed by atoms with Crippen LogP contribution in [0.5, 0.6) is 0 Å². The maximum absolute atomic E-state index is 12.9. The number of thiazole rings is 2. The second kappa shape index (κ2) is 8.18. The number of piperidine rings is 1. The van der Waals surface area contributed by atoms with Crippen molar-refractivity contribution in [1.82, 2.24) is 14.3 Å². The van der Waals surface area contributed by atoms with E-state index in [0.29, 0.717) is 29.7 Å². The largest absolute Gasteiger partial charge is 0.298 e. The molecule has 0 spiro atoms. The Morgan fingerprint density at radius 2 is 1.62 bits per heavy atom. The normalized spacial score (nSPS) is 16.1. The third kappa shape index (κ3) is 3.92. The number of amides is 1. The van der Waals surface area contributed by atoms with Crippen molar-refractivity contribution >= 4 is 64.2 Å². The third-order valence-electron chi connectivity index (χ3n) is 5.74. The fraction of sp³-hybridized carbons (Fsp3) is 0.318. The predicted molar refractivity (Wildman–Crippen MR) is 129 cm³/mol. The number of carbonyl (C=O) groups excluding carboxylic acids is 1. The maximum Gasteiger partial charge on any atom is 0.257 e. The molecule has 0 radical (unpaired) electrons. The Morgan fingerprint density at radius 1 is 1.00 bits per heavy atom. The standard InChI is InChI=1S/C22H22N4O3S3/c1-13-9-11-26(12-10-13)32(28,29)16-5-3-15(4-6-16)21(27)25-22-24-18-8-7-17-19(20(18)31-22)30-14(2)23-17/h3-8,13H,9-12H2,1-2H3,(H,24,25,27). The van der Waals surface area contributed by atoms with Crippen molar-refractivity contribution in [2.45, 2.75) is 31.6 Å². The van der Waals surface area contributed by atoms with E-state index in [4.69, 9.17) is 0 Å². The molecule has 1 amide bonds. The lowest BCUT2D eigenvalue weighted by molar-refractivity contribution is 0.102. The van der Waals surface area contributed by atoms with E-state index in [1.807, 2.05) is 19.1 Å². The quantitative estimate of drug-likeness (QED) is 0.443. The Labute approximate surface area is 194 Å². The van der Waals surface area contributed by atoms with Gasteiger partial charge in [-0.25, -0.2) is 18.4 Å². The first-order chi connectivity index (χ1) is 15.3. The number of anilines is 1. The van der Waals surface area contributed by atoms with Gasteiger partial charge in [-0.3, -0.25) is 10.1 Å². The number of benzene rings is 2. The van der Waals surface area contributed by atoms with Crippen molar-refractivity contribution in [3.63, 3.8) is 0 Å². The minimum atomic E-state index is -3.54. The van der Waals surface area contributed by atoms with E-state index >= 15 is 0 Å². The zero-order chi connectivity index (χ0) is 22.5. The molecule has 3 heterocycles. The first kappa shape index (κ1) is 21.4. The SMILES string of the molecule is Cc1nc2ccc3nc(NC(=O)c4ccc(S(=O)(=O)N5CCC(C)CC5)cc4)sc3c2s1. The van der Waals surface area contributed by atoms with Gasteiger partial charge >= 0.3 is 0 Å². The summed E-state index contributed by atoms with van der Waals surface area (Å²) in [6.45, 7) is 5.19. The molecule has 1 N–H and O–H groups in total. The molecule has 10 heteroatoms. The molecule has 1 aliphatic rings. The van der Waals surface area contributed by atoms with Crippen LogP contribution >= 0.6 is 22.7 Å². The second-order valence-electron chi connectivity index (χ2n) is 8.08. The fourth-order valence-corrected chi connectivity index (χ4v) is 7.33. The van der Waals surface area contributed by atoms with Crippen molar-refractivity contribution in [2.24, 2.45) is 5.92 Å². The van der Waals surface area contributed by atoms with Crippen molar-refractivity contribution in [1.29, 1.82) is 0 Å². The predicted octanol–water partition coefficient (Wildman–Crippen LogP) is 4.89. The molecule has 7 nitrogen and oxygen atoms in total. The van der Waals surface area contributed by atoms with Gasteiger partial charge in [0.25, 0.3) is 5.91 Å². The first-order valence-electron chi connectivity index (χ1n) is 10.4. The average Bonchev–Trinajstić information content (AvgIpc) is 3.36. The van der Waals surface area contributed by atoms with Gasteiger partial charge in [0.15, 0.2) is 5.13 Å². The summed E-state index contributed by atoms with van der Waals surface area (Å²) < 4.78 is 29.4. The van der Waals surface area contributed by atoms with Gasteiger partial charge in [0.05, 0.1) is 30.3 Å². The number of nitrogens with zero attached hydrogens (tertiary/aromatic N) is 3. The minimum Gasteiger partial charge on any atom is -0.298 e. The lowest BCUT2D eigenvalue weighted by Crippen LogP contribution is -2.37. The lowest BCUT2D eigenvalue weighted by atomic mass is 10.0. The Hall–Kier alpha value is -2.40. The van der Waals surface area contributed by atoms with E-state index in [2.05, 4.69) is 22.2 Å². The summed E-state index contributed by atoms with van der Waals surface area (Å²) in [6, 6.07) is 9.95. The van der Waals surface area contributed by atoms with Crippen LogP contribution in [0, 0.1) is 12.8 Å². The highest BCUT2D eigenvalue weighted by Gasteiger charge is 2.28. The number of sulfonamides is 1. The van der Waals surface area contributed by atoms with E-state index in [0.717, 1.165) is 38.3 Å². The molecule has 5 rings (SSSR count). The topological polar surface area (TPSA) is 92.3 Å². The zero-order valence-corrected chi connectivity index (χ0v) is 20.1. The molecule has 0 aliphatic carbocycles. The highest BCUT2D eigenvalue weighted by Crippen LogP contribution is 2.36. The van der Waals surface area contributed by atoms with Crippen LogP contribution in [0.25, 0.3) is 20.4 Å². The number of aryl methyl sites for hydroxylation is 1. The summed E-state index contributed by atoms with van der Waals surface area (Å²) in [7, 11) is -3.54. The fourth-order valence-electron chi connectivity index (χ4n) is 3.86. The van der Waals surface area contributed by atoms with Crippen LogP contribution in [0.2, 0.25) is 0 Å². The van der Waals surface area contributed by atoms with Gasteiger partial charge in [-0.2, -0.15) is 4.31 Å². The highest BCUT2D eigenvalue weighted by atomic mass is 32.2. The minimum absolute atomic E-state index is 0.214. The van der Waals surface area contributed by atoms with Gasteiger partial charge in [-0.1, -0.05) is 18.3 Å². The summed E-state index contributed by atoms with van der Waals surface area (Å²) in [5, 5.41) is 4.33. The summed E-state index contributed by atoms with van der Waals surface area (Å²) in [5.74, 6) is 0.225. The number of rotatable bonds is 4. The summed E-state index contributed by atoms with van der Waals surface area (Å²) in [4.78, 5) is 22.0. The van der Waals surface area contributed by atoms with Gasteiger partial charge in [0.1, 0.15) is 0 Å². The van der Waals surface area contributed by atoms with Crippen LogP contribution in [-0.2, 0) is 10.0 Å². The van der Waals surface area contributed by atoms with Gasteiger partial charge in [0, 0.05) is 18.7 Å². The molecule has 166 valence electrons. The second-order valence-corrected chi connectivity index (χ2v) is 12.2. The number of nitrogens with one attached hydrogen (secondary N) is 1. The summed E-state index contributed by atoms with van der Waals surface area (Å²) >= 11 is 3.03. The number of fused-ring (bicyclic) bond motifs is 3. The molecule has 1 fully saturated rings. The molecular formula is C22H22N4O3S3. The Bertz CT molecular complexity index is 1420. The molecule has 0 atom stereocenters. The van der Waals surface area contributed by atoms with E-state index in [1.54, 1.807) is 23.5 Å². The molecule has 0 saturated carbocycles. The molecule has 1 saturated heterocycles. The first-order valence-corrected chi connectivity index (χ1v) is 13.5. The van der Waals surface area contributed by atoms with Gasteiger partial charge in [-0.05, 0) is 62.1 Å². The molecule has 0 bridgehead atoms. The molecule has 4 aromatic rings. The smallest absolute Gasteiger partial charge is 0.257 e. The molecule has 0 unspecified atom stereocenters.